The molecule has 4 rings (SSSR count). The molecule has 1 aromatic heterocycles. The van der Waals surface area contributed by atoms with Gasteiger partial charge in [-0.15, -0.1) is 0 Å². The number of nitrogens with one attached hydrogen (secondary N) is 1. The SMILES string of the molecule is CC(C)(C)N/C=C1\C(=O)c2ccccc2OC1n1ccc2ccccc21. The van der Waals surface area contributed by atoms with Gasteiger partial charge in [-0.2, -0.15) is 0 Å². The summed E-state index contributed by atoms with van der Waals surface area (Å²) in [6, 6.07) is 17.5. The Morgan fingerprint density at radius 1 is 1.04 bits per heavy atom. The standard InChI is InChI=1S/C22H22N2O2/c1-22(2,3)23-14-17-20(25)16-9-5-7-11-19(16)26-21(17)24-13-12-15-8-4-6-10-18(15)24/h4-14,21,23H,1-3H3/b17-14+. The molecule has 1 aliphatic rings. The minimum atomic E-state index is -0.507. The van der Waals surface area contributed by atoms with Gasteiger partial charge in [-0.25, -0.2) is 0 Å². The van der Waals surface area contributed by atoms with E-state index >= 15 is 0 Å². The van der Waals surface area contributed by atoms with E-state index in [9.17, 15) is 4.79 Å². The van der Waals surface area contributed by atoms with Crippen molar-refractivity contribution in [1.29, 1.82) is 0 Å². The molecule has 4 heteroatoms. The van der Waals surface area contributed by atoms with Gasteiger partial charge in [-0.1, -0.05) is 30.3 Å². The number of hydrogen-bond donors (Lipinski definition) is 1. The molecule has 1 aliphatic heterocycles. The van der Waals surface area contributed by atoms with Crippen LogP contribution >= 0.6 is 0 Å². The van der Waals surface area contributed by atoms with Crippen molar-refractivity contribution in [3.63, 3.8) is 0 Å². The second-order valence-electron chi connectivity index (χ2n) is 7.57. The number of aromatic nitrogens is 1. The minimum Gasteiger partial charge on any atom is -0.465 e. The molecule has 0 spiro atoms. The predicted octanol–water partition coefficient (Wildman–Crippen LogP) is 4.69. The highest BCUT2D eigenvalue weighted by atomic mass is 16.5. The molecule has 4 nitrogen and oxygen atoms in total. The topological polar surface area (TPSA) is 43.3 Å². The third-order valence-electron chi connectivity index (χ3n) is 4.44. The third kappa shape index (κ3) is 2.88. The first-order chi connectivity index (χ1) is 12.4. The Labute approximate surface area is 153 Å². The van der Waals surface area contributed by atoms with E-state index < -0.39 is 6.23 Å². The van der Waals surface area contributed by atoms with E-state index in [2.05, 4.69) is 32.2 Å². The summed E-state index contributed by atoms with van der Waals surface area (Å²) < 4.78 is 8.28. The Kier molecular flexibility index (Phi) is 3.83. The number of nitrogens with zero attached hydrogens (tertiary/aromatic N) is 1. The minimum absolute atomic E-state index is 0.00798. The molecule has 0 bridgehead atoms. The largest absolute Gasteiger partial charge is 0.465 e. The maximum Gasteiger partial charge on any atom is 0.207 e. The summed E-state index contributed by atoms with van der Waals surface area (Å²) >= 11 is 0. The van der Waals surface area contributed by atoms with Crippen LogP contribution in [0.4, 0.5) is 0 Å². The van der Waals surface area contributed by atoms with Crippen molar-refractivity contribution in [3.05, 3.63) is 78.1 Å². The number of carbonyl (C=O) groups excluding carboxylic acids is 1. The van der Waals surface area contributed by atoms with Crippen LogP contribution in [-0.2, 0) is 0 Å². The van der Waals surface area contributed by atoms with Crippen molar-refractivity contribution in [3.8, 4) is 5.75 Å². The first-order valence-electron chi connectivity index (χ1n) is 8.78. The van der Waals surface area contributed by atoms with Crippen LogP contribution in [0.5, 0.6) is 5.75 Å². The van der Waals surface area contributed by atoms with E-state index in [1.165, 1.54) is 0 Å². The van der Waals surface area contributed by atoms with Crippen molar-refractivity contribution < 1.29 is 9.53 Å². The quantitative estimate of drug-likeness (QED) is 0.685. The van der Waals surface area contributed by atoms with Crippen LogP contribution in [-0.4, -0.2) is 15.9 Å². The van der Waals surface area contributed by atoms with Crippen LogP contribution in [0, 0.1) is 0 Å². The third-order valence-corrected chi connectivity index (χ3v) is 4.44. The molecule has 26 heavy (non-hydrogen) atoms. The second-order valence-corrected chi connectivity index (χ2v) is 7.57. The average Bonchev–Trinajstić information content (AvgIpc) is 3.04. The summed E-state index contributed by atoms with van der Waals surface area (Å²) in [7, 11) is 0. The first-order valence-corrected chi connectivity index (χ1v) is 8.78. The van der Waals surface area contributed by atoms with Gasteiger partial charge in [0.25, 0.3) is 0 Å². The number of carbonyl (C=O) groups is 1. The summed E-state index contributed by atoms with van der Waals surface area (Å²) in [5.41, 5.74) is 2.08. The van der Waals surface area contributed by atoms with Gasteiger partial charge in [-0.3, -0.25) is 4.79 Å². The summed E-state index contributed by atoms with van der Waals surface area (Å²) in [5.74, 6) is 0.611. The summed E-state index contributed by atoms with van der Waals surface area (Å²) in [6.07, 6.45) is 3.27. The molecule has 0 fully saturated rings. The zero-order chi connectivity index (χ0) is 18.3. The van der Waals surface area contributed by atoms with Crippen molar-refractivity contribution in [2.75, 3.05) is 0 Å². The number of rotatable bonds is 2. The van der Waals surface area contributed by atoms with Gasteiger partial charge >= 0.3 is 0 Å². The molecular weight excluding hydrogens is 324 g/mol. The molecule has 0 radical (unpaired) electrons. The fourth-order valence-corrected chi connectivity index (χ4v) is 3.16. The lowest BCUT2D eigenvalue weighted by molar-refractivity contribution is 0.0901. The number of para-hydroxylation sites is 2. The molecule has 2 aromatic carbocycles. The van der Waals surface area contributed by atoms with Crippen molar-refractivity contribution >= 4 is 16.7 Å². The Morgan fingerprint density at radius 3 is 2.58 bits per heavy atom. The Balaban J connectivity index is 1.86. The predicted molar refractivity (Wildman–Crippen MR) is 103 cm³/mol. The van der Waals surface area contributed by atoms with Crippen LogP contribution in [0.25, 0.3) is 10.9 Å². The van der Waals surface area contributed by atoms with Crippen LogP contribution in [0.2, 0.25) is 0 Å². The molecule has 1 unspecified atom stereocenters. The molecule has 0 saturated heterocycles. The second kappa shape index (κ2) is 6.06. The lowest BCUT2D eigenvalue weighted by atomic mass is 9.98. The van der Waals surface area contributed by atoms with Crippen LogP contribution in [0.1, 0.15) is 37.4 Å². The normalized spacial score (nSPS) is 18.7. The number of fused-ring (bicyclic) bond motifs is 2. The van der Waals surface area contributed by atoms with Gasteiger partial charge in [0.2, 0.25) is 6.23 Å². The van der Waals surface area contributed by atoms with Crippen molar-refractivity contribution in [2.45, 2.75) is 32.5 Å². The molecular formula is C22H22N2O2. The molecule has 0 saturated carbocycles. The highest BCUT2D eigenvalue weighted by Crippen LogP contribution is 2.37. The van der Waals surface area contributed by atoms with Gasteiger partial charge in [0, 0.05) is 17.9 Å². The van der Waals surface area contributed by atoms with Gasteiger partial charge in [-0.05, 0) is 50.4 Å². The number of ketones is 1. The monoisotopic (exact) mass is 346 g/mol. The molecule has 1 N–H and O–H groups in total. The van der Waals surface area contributed by atoms with Crippen LogP contribution < -0.4 is 10.1 Å². The molecule has 0 aliphatic carbocycles. The maximum atomic E-state index is 13.2. The van der Waals surface area contributed by atoms with E-state index in [1.54, 1.807) is 6.20 Å². The molecule has 1 atom stereocenters. The van der Waals surface area contributed by atoms with Gasteiger partial charge in [0.15, 0.2) is 5.78 Å². The number of benzene rings is 2. The Morgan fingerprint density at radius 2 is 1.77 bits per heavy atom. The van der Waals surface area contributed by atoms with Crippen LogP contribution in [0.3, 0.4) is 0 Å². The first kappa shape index (κ1) is 16.5. The van der Waals surface area contributed by atoms with E-state index in [4.69, 9.17) is 4.74 Å². The van der Waals surface area contributed by atoms with Gasteiger partial charge in [0.05, 0.1) is 16.7 Å². The Bertz CT molecular complexity index is 1010. The summed E-state index contributed by atoms with van der Waals surface area (Å²) in [6.45, 7) is 6.19. The molecule has 3 aromatic rings. The molecule has 2 heterocycles. The summed E-state index contributed by atoms with van der Waals surface area (Å²) in [4.78, 5) is 13.2. The van der Waals surface area contributed by atoms with Crippen molar-refractivity contribution in [2.24, 2.45) is 0 Å². The fraction of sp³-hybridized carbons (Fsp3) is 0.227. The van der Waals surface area contributed by atoms with E-state index in [0.717, 1.165) is 10.9 Å². The lowest BCUT2D eigenvalue weighted by Gasteiger charge is -2.30. The molecule has 0 amide bonds. The van der Waals surface area contributed by atoms with Gasteiger partial charge < -0.3 is 14.6 Å². The lowest BCUT2D eigenvalue weighted by Crippen LogP contribution is -2.35. The molecule has 132 valence electrons. The zero-order valence-corrected chi connectivity index (χ0v) is 15.2. The summed E-state index contributed by atoms with van der Waals surface area (Å²) in [5, 5.41) is 4.43. The smallest absolute Gasteiger partial charge is 0.207 e. The van der Waals surface area contributed by atoms with E-state index in [-0.39, 0.29) is 11.3 Å². The number of ether oxygens (including phenoxy) is 1. The van der Waals surface area contributed by atoms with E-state index in [1.807, 2.05) is 59.3 Å². The number of hydrogen-bond acceptors (Lipinski definition) is 3. The number of Topliss-reactive ketones (excluding diaryl/α,β-unsaturated/α-hetero) is 1. The van der Waals surface area contributed by atoms with Crippen molar-refractivity contribution in [1.82, 2.24) is 9.88 Å². The van der Waals surface area contributed by atoms with Gasteiger partial charge in [0.1, 0.15) is 5.75 Å². The highest BCUT2D eigenvalue weighted by Gasteiger charge is 2.33. The highest BCUT2D eigenvalue weighted by molar-refractivity contribution is 6.11. The fourth-order valence-electron chi connectivity index (χ4n) is 3.16. The van der Waals surface area contributed by atoms with Crippen LogP contribution in [0.15, 0.2) is 72.6 Å². The average molecular weight is 346 g/mol. The van der Waals surface area contributed by atoms with E-state index in [0.29, 0.717) is 16.9 Å². The maximum absolute atomic E-state index is 13.2. The Hall–Kier alpha value is -3.01. The zero-order valence-electron chi connectivity index (χ0n) is 15.2.